The summed E-state index contributed by atoms with van der Waals surface area (Å²) in [4.78, 5) is 11.0. The predicted molar refractivity (Wildman–Crippen MR) is 43.1 cm³/mol. The molecule has 76 valence electrons. The Hall–Kier alpha value is -0.530. The zero-order valence-corrected chi connectivity index (χ0v) is 8.50. The van der Waals surface area contributed by atoms with E-state index in [1.165, 1.54) is 13.8 Å². The number of cyclic esters (lactones) is 1. The van der Waals surface area contributed by atoms with Crippen molar-refractivity contribution < 1.29 is 22.7 Å². The molecule has 0 spiro atoms. The predicted octanol–water partition coefficient (Wildman–Crippen LogP) is 0.631. The number of amides is 1. The monoisotopic (exact) mass is 229 g/mol. The summed E-state index contributed by atoms with van der Waals surface area (Å²) in [5.41, 5.74) is 0. The molecule has 6 nitrogen and oxygen atoms in total. The van der Waals surface area contributed by atoms with E-state index in [2.05, 4.69) is 4.74 Å². The third-order valence-corrected chi connectivity index (χ3v) is 2.76. The lowest BCUT2D eigenvalue weighted by atomic mass is 10.6. The fourth-order valence-corrected chi connectivity index (χ4v) is 2.10. The summed E-state index contributed by atoms with van der Waals surface area (Å²) in [7, 11) is 0.825. The Morgan fingerprint density at radius 1 is 1.46 bits per heavy atom. The van der Waals surface area contributed by atoms with Gasteiger partial charge in [0.2, 0.25) is 6.29 Å². The molecule has 0 bridgehead atoms. The minimum Gasteiger partial charge on any atom is -0.419 e. The number of carbonyl (C=O) groups excluding carboxylic acids is 1. The molecule has 2 atom stereocenters. The Morgan fingerprint density at radius 3 is 2.38 bits per heavy atom. The van der Waals surface area contributed by atoms with Gasteiger partial charge >= 0.3 is 15.3 Å². The second-order valence-corrected chi connectivity index (χ2v) is 4.81. The zero-order valence-electron chi connectivity index (χ0n) is 6.93. The number of hydrogen-bond acceptors (Lipinski definition) is 5. The maximum Gasteiger partial charge on any atom is 0.429 e. The van der Waals surface area contributed by atoms with Gasteiger partial charge in [0.1, 0.15) is 0 Å². The molecule has 0 radical (unpaired) electrons. The summed E-state index contributed by atoms with van der Waals surface area (Å²) in [6.07, 6.45) is -2.74. The Bertz CT molecular complexity index is 315. The SMILES string of the molecule is C[C@H]1OC(=O)N(S(=O)(=O)Cl)[C@H](C)O1. The second kappa shape index (κ2) is 3.32. The zero-order chi connectivity index (χ0) is 10.2. The van der Waals surface area contributed by atoms with Gasteiger partial charge in [0.25, 0.3) is 0 Å². The molecule has 0 unspecified atom stereocenters. The molecule has 0 aliphatic carbocycles. The molecule has 1 fully saturated rings. The van der Waals surface area contributed by atoms with Crippen LogP contribution in [0.3, 0.4) is 0 Å². The highest BCUT2D eigenvalue weighted by molar-refractivity contribution is 8.12. The van der Waals surface area contributed by atoms with Crippen molar-refractivity contribution >= 4 is 26.0 Å². The van der Waals surface area contributed by atoms with Crippen LogP contribution in [0.5, 0.6) is 0 Å². The summed E-state index contributed by atoms with van der Waals surface area (Å²) in [5.74, 6) is 0. The van der Waals surface area contributed by atoms with Gasteiger partial charge in [-0.2, -0.15) is 12.7 Å². The van der Waals surface area contributed by atoms with Gasteiger partial charge in [-0.15, -0.1) is 0 Å². The lowest BCUT2D eigenvalue weighted by molar-refractivity contribution is -0.184. The summed E-state index contributed by atoms with van der Waals surface area (Å²) in [6, 6.07) is 0. The van der Waals surface area contributed by atoms with E-state index < -0.39 is 27.8 Å². The maximum atomic E-state index is 11.0. The van der Waals surface area contributed by atoms with Crippen LogP contribution in [0.25, 0.3) is 0 Å². The van der Waals surface area contributed by atoms with Crippen molar-refractivity contribution in [3.63, 3.8) is 0 Å². The van der Waals surface area contributed by atoms with Gasteiger partial charge < -0.3 is 9.47 Å². The second-order valence-electron chi connectivity index (χ2n) is 2.42. The minimum absolute atomic E-state index is 0.328. The fraction of sp³-hybridized carbons (Fsp3) is 0.800. The van der Waals surface area contributed by atoms with Crippen molar-refractivity contribution in [1.82, 2.24) is 4.31 Å². The molecular formula is C5H8ClNO5S. The van der Waals surface area contributed by atoms with Gasteiger partial charge in [-0.25, -0.2) is 4.79 Å². The molecule has 0 N–H and O–H groups in total. The molecule has 1 rings (SSSR count). The van der Waals surface area contributed by atoms with Crippen LogP contribution in [0.1, 0.15) is 13.8 Å². The smallest absolute Gasteiger partial charge is 0.419 e. The van der Waals surface area contributed by atoms with Gasteiger partial charge in [-0.3, -0.25) is 0 Å². The molecule has 0 aromatic carbocycles. The Kier molecular flexibility index (Phi) is 2.69. The number of carbonyl (C=O) groups is 1. The van der Waals surface area contributed by atoms with Crippen molar-refractivity contribution in [2.75, 3.05) is 0 Å². The number of halogens is 1. The van der Waals surface area contributed by atoms with E-state index in [1.54, 1.807) is 0 Å². The number of ether oxygens (including phenoxy) is 2. The van der Waals surface area contributed by atoms with Gasteiger partial charge in [-0.1, -0.05) is 0 Å². The van der Waals surface area contributed by atoms with Gasteiger partial charge in [0.15, 0.2) is 6.23 Å². The van der Waals surface area contributed by atoms with E-state index in [4.69, 9.17) is 15.4 Å². The molecule has 1 saturated heterocycles. The number of hydrogen-bond donors (Lipinski definition) is 0. The van der Waals surface area contributed by atoms with Crippen LogP contribution >= 0.6 is 10.7 Å². The largest absolute Gasteiger partial charge is 0.429 e. The van der Waals surface area contributed by atoms with Crippen LogP contribution in [0.2, 0.25) is 0 Å². The summed E-state index contributed by atoms with van der Waals surface area (Å²) in [6.45, 7) is 2.86. The van der Waals surface area contributed by atoms with Crippen molar-refractivity contribution in [3.05, 3.63) is 0 Å². The van der Waals surface area contributed by atoms with Crippen LogP contribution in [0.15, 0.2) is 0 Å². The lowest BCUT2D eigenvalue weighted by Gasteiger charge is -2.32. The van der Waals surface area contributed by atoms with E-state index in [1.807, 2.05) is 0 Å². The number of rotatable bonds is 1. The Morgan fingerprint density at radius 2 is 2.00 bits per heavy atom. The van der Waals surface area contributed by atoms with E-state index in [0.29, 0.717) is 4.31 Å². The van der Waals surface area contributed by atoms with Crippen LogP contribution in [-0.2, 0) is 18.7 Å². The van der Waals surface area contributed by atoms with Crippen LogP contribution in [-0.4, -0.2) is 31.3 Å². The standard InChI is InChI=1S/C5H8ClNO5S/c1-3-7(13(6,9)10)5(8)12-4(2)11-3/h3-4H,1-2H3/t3-,4+/m0/s1. The summed E-state index contributed by atoms with van der Waals surface area (Å²) < 4.78 is 31.4. The first-order valence-electron chi connectivity index (χ1n) is 3.42. The quantitative estimate of drug-likeness (QED) is 0.617. The fourth-order valence-electron chi connectivity index (χ4n) is 0.969. The van der Waals surface area contributed by atoms with Gasteiger partial charge in [0, 0.05) is 10.7 Å². The molecule has 0 aromatic rings. The summed E-state index contributed by atoms with van der Waals surface area (Å²) in [5, 5.41) is 0. The van der Waals surface area contributed by atoms with E-state index in [0.717, 1.165) is 0 Å². The van der Waals surface area contributed by atoms with Crippen molar-refractivity contribution in [3.8, 4) is 0 Å². The molecule has 1 aliphatic heterocycles. The van der Waals surface area contributed by atoms with E-state index >= 15 is 0 Å². The van der Waals surface area contributed by atoms with E-state index in [-0.39, 0.29) is 0 Å². The molecule has 8 heteroatoms. The van der Waals surface area contributed by atoms with Crippen LogP contribution in [0.4, 0.5) is 4.79 Å². The molecule has 0 saturated carbocycles. The highest BCUT2D eigenvalue weighted by atomic mass is 35.7. The summed E-state index contributed by atoms with van der Waals surface area (Å²) >= 11 is 0. The topological polar surface area (TPSA) is 72.9 Å². The van der Waals surface area contributed by atoms with Gasteiger partial charge in [0.05, 0.1) is 0 Å². The third-order valence-electron chi connectivity index (χ3n) is 1.40. The molecule has 0 aromatic heterocycles. The Balaban J connectivity index is 2.92. The minimum atomic E-state index is -4.14. The molecule has 1 aliphatic rings. The highest BCUT2D eigenvalue weighted by Crippen LogP contribution is 2.20. The molecule has 1 heterocycles. The van der Waals surface area contributed by atoms with Crippen molar-refractivity contribution in [2.24, 2.45) is 0 Å². The molecule has 13 heavy (non-hydrogen) atoms. The van der Waals surface area contributed by atoms with Crippen LogP contribution in [0, 0.1) is 0 Å². The first-order valence-corrected chi connectivity index (χ1v) is 5.69. The molecule has 1 amide bonds. The van der Waals surface area contributed by atoms with Gasteiger partial charge in [-0.05, 0) is 13.8 Å². The first kappa shape index (κ1) is 10.6. The van der Waals surface area contributed by atoms with Crippen LogP contribution < -0.4 is 0 Å². The van der Waals surface area contributed by atoms with Crippen molar-refractivity contribution in [1.29, 1.82) is 0 Å². The third kappa shape index (κ3) is 2.23. The number of nitrogens with zero attached hydrogens (tertiary/aromatic N) is 1. The average Bonchev–Trinajstić information content (AvgIpc) is 1.78. The van der Waals surface area contributed by atoms with E-state index in [9.17, 15) is 13.2 Å². The molecular weight excluding hydrogens is 222 g/mol. The highest BCUT2D eigenvalue weighted by Gasteiger charge is 2.38. The van der Waals surface area contributed by atoms with Crippen molar-refractivity contribution in [2.45, 2.75) is 26.4 Å². The average molecular weight is 230 g/mol. The Labute approximate surface area is 79.9 Å². The first-order chi connectivity index (χ1) is 5.82. The lowest BCUT2D eigenvalue weighted by Crippen LogP contribution is -2.49. The maximum absolute atomic E-state index is 11.0. The normalized spacial score (nSPS) is 30.1.